The van der Waals surface area contributed by atoms with Gasteiger partial charge in [0.1, 0.15) is 5.75 Å². The first kappa shape index (κ1) is 12.2. The van der Waals surface area contributed by atoms with Crippen LogP contribution >= 0.6 is 0 Å². The Hall–Kier alpha value is -2.29. The van der Waals surface area contributed by atoms with E-state index in [9.17, 15) is 9.90 Å². The van der Waals surface area contributed by atoms with Crippen molar-refractivity contribution in [2.45, 2.75) is 13.5 Å². The van der Waals surface area contributed by atoms with Gasteiger partial charge in [-0.05, 0) is 36.2 Å². The van der Waals surface area contributed by atoms with Crippen molar-refractivity contribution in [3.63, 3.8) is 0 Å². The van der Waals surface area contributed by atoms with E-state index in [1.165, 1.54) is 6.07 Å². The number of carbonyl (C=O) groups excluding carboxylic acids is 1. The van der Waals surface area contributed by atoms with E-state index in [0.29, 0.717) is 17.7 Å². The Morgan fingerprint density at radius 1 is 1.17 bits per heavy atom. The van der Waals surface area contributed by atoms with Crippen molar-refractivity contribution in [3.8, 4) is 5.75 Å². The Kier molecular flexibility index (Phi) is 3.63. The predicted octanol–water partition coefficient (Wildman–Crippen LogP) is 2.63. The fraction of sp³-hybridized carbons (Fsp3) is 0.133. The number of benzene rings is 2. The summed E-state index contributed by atoms with van der Waals surface area (Å²) in [5.41, 5.74) is 2.31. The summed E-state index contributed by atoms with van der Waals surface area (Å²) in [5, 5.41) is 12.2. The molecule has 2 aromatic rings. The number of nitrogens with one attached hydrogen (secondary N) is 1. The average molecular weight is 241 g/mol. The Balaban J connectivity index is 2.02. The molecule has 0 spiro atoms. The molecule has 2 N–H and O–H groups in total. The molecule has 3 heteroatoms. The number of aromatic hydroxyl groups is 1. The van der Waals surface area contributed by atoms with Crippen LogP contribution in [0.25, 0.3) is 0 Å². The van der Waals surface area contributed by atoms with Crippen molar-refractivity contribution >= 4 is 5.91 Å². The molecule has 0 bridgehead atoms. The minimum Gasteiger partial charge on any atom is -0.508 e. The molecular weight excluding hydrogens is 226 g/mol. The summed E-state index contributed by atoms with van der Waals surface area (Å²) < 4.78 is 0. The topological polar surface area (TPSA) is 49.3 Å². The zero-order chi connectivity index (χ0) is 13.0. The molecule has 2 aromatic carbocycles. The number of carbonyl (C=O) groups is 1. The van der Waals surface area contributed by atoms with Gasteiger partial charge in [0.2, 0.25) is 0 Å². The van der Waals surface area contributed by atoms with Gasteiger partial charge in [-0.2, -0.15) is 0 Å². The standard InChI is InChI=1S/C15H15NO2/c1-11-9-13(7-8-14(11)17)15(18)16-10-12-5-3-2-4-6-12/h2-9,17H,10H2,1H3,(H,16,18). The minimum atomic E-state index is -0.137. The molecule has 0 aromatic heterocycles. The van der Waals surface area contributed by atoms with Gasteiger partial charge in [-0.15, -0.1) is 0 Å². The highest BCUT2D eigenvalue weighted by Crippen LogP contribution is 2.16. The van der Waals surface area contributed by atoms with Crippen LogP contribution in [0, 0.1) is 6.92 Å². The van der Waals surface area contributed by atoms with Gasteiger partial charge >= 0.3 is 0 Å². The molecule has 0 radical (unpaired) electrons. The number of phenols is 1. The zero-order valence-corrected chi connectivity index (χ0v) is 10.2. The third-order valence-electron chi connectivity index (χ3n) is 2.75. The molecule has 18 heavy (non-hydrogen) atoms. The van der Waals surface area contributed by atoms with Gasteiger partial charge in [-0.25, -0.2) is 0 Å². The molecule has 0 unspecified atom stereocenters. The highest BCUT2D eigenvalue weighted by atomic mass is 16.3. The highest BCUT2D eigenvalue weighted by Gasteiger charge is 2.06. The smallest absolute Gasteiger partial charge is 0.251 e. The van der Waals surface area contributed by atoms with Gasteiger partial charge in [0.05, 0.1) is 0 Å². The summed E-state index contributed by atoms with van der Waals surface area (Å²) in [7, 11) is 0. The summed E-state index contributed by atoms with van der Waals surface area (Å²) in [5.74, 6) is 0.0663. The first-order valence-electron chi connectivity index (χ1n) is 5.78. The Labute approximate surface area is 106 Å². The lowest BCUT2D eigenvalue weighted by molar-refractivity contribution is 0.0951. The van der Waals surface area contributed by atoms with E-state index in [0.717, 1.165) is 5.56 Å². The lowest BCUT2D eigenvalue weighted by atomic mass is 10.1. The minimum absolute atomic E-state index is 0.137. The molecule has 0 fully saturated rings. The molecule has 0 aliphatic rings. The van der Waals surface area contributed by atoms with Crippen LogP contribution in [0.2, 0.25) is 0 Å². The lowest BCUT2D eigenvalue weighted by Gasteiger charge is -2.06. The molecule has 2 rings (SSSR count). The van der Waals surface area contributed by atoms with Crippen LogP contribution in [0.1, 0.15) is 21.5 Å². The Morgan fingerprint density at radius 3 is 2.56 bits per heavy atom. The van der Waals surface area contributed by atoms with Crippen LogP contribution < -0.4 is 5.32 Å². The van der Waals surface area contributed by atoms with Crippen LogP contribution in [-0.2, 0) is 6.54 Å². The van der Waals surface area contributed by atoms with Crippen LogP contribution in [0.3, 0.4) is 0 Å². The van der Waals surface area contributed by atoms with Crippen molar-refractivity contribution in [2.75, 3.05) is 0 Å². The van der Waals surface area contributed by atoms with Gasteiger partial charge in [0, 0.05) is 12.1 Å². The molecule has 0 heterocycles. The van der Waals surface area contributed by atoms with E-state index in [1.54, 1.807) is 19.1 Å². The number of rotatable bonds is 3. The van der Waals surface area contributed by atoms with E-state index in [2.05, 4.69) is 5.32 Å². The van der Waals surface area contributed by atoms with Crippen molar-refractivity contribution < 1.29 is 9.90 Å². The molecule has 3 nitrogen and oxygen atoms in total. The first-order chi connectivity index (χ1) is 8.66. The van der Waals surface area contributed by atoms with Crippen molar-refractivity contribution in [3.05, 3.63) is 65.2 Å². The van der Waals surface area contributed by atoms with E-state index in [-0.39, 0.29) is 11.7 Å². The number of hydrogen-bond acceptors (Lipinski definition) is 2. The fourth-order valence-corrected chi connectivity index (χ4v) is 1.68. The Bertz CT molecular complexity index is 550. The van der Waals surface area contributed by atoms with Crippen LogP contribution in [0.15, 0.2) is 48.5 Å². The molecule has 0 aliphatic carbocycles. The molecule has 0 saturated heterocycles. The molecule has 92 valence electrons. The normalized spacial score (nSPS) is 10.1. The maximum Gasteiger partial charge on any atom is 0.251 e. The summed E-state index contributed by atoms with van der Waals surface area (Å²) in [4.78, 5) is 11.9. The Morgan fingerprint density at radius 2 is 1.89 bits per heavy atom. The second kappa shape index (κ2) is 5.36. The molecule has 0 aliphatic heterocycles. The predicted molar refractivity (Wildman–Crippen MR) is 70.5 cm³/mol. The van der Waals surface area contributed by atoms with E-state index < -0.39 is 0 Å². The van der Waals surface area contributed by atoms with Crippen molar-refractivity contribution in [1.29, 1.82) is 0 Å². The number of phenolic OH excluding ortho intramolecular Hbond substituents is 1. The van der Waals surface area contributed by atoms with Gasteiger partial charge < -0.3 is 10.4 Å². The van der Waals surface area contributed by atoms with E-state index in [1.807, 2.05) is 30.3 Å². The van der Waals surface area contributed by atoms with Gasteiger partial charge in [0.25, 0.3) is 5.91 Å². The van der Waals surface area contributed by atoms with E-state index in [4.69, 9.17) is 0 Å². The van der Waals surface area contributed by atoms with Crippen molar-refractivity contribution in [2.24, 2.45) is 0 Å². The van der Waals surface area contributed by atoms with E-state index >= 15 is 0 Å². The molecule has 1 amide bonds. The second-order valence-electron chi connectivity index (χ2n) is 4.17. The monoisotopic (exact) mass is 241 g/mol. The summed E-state index contributed by atoms with van der Waals surface area (Å²) in [6.07, 6.45) is 0. The summed E-state index contributed by atoms with van der Waals surface area (Å²) in [6.45, 7) is 2.27. The average Bonchev–Trinajstić information content (AvgIpc) is 2.40. The SMILES string of the molecule is Cc1cc(C(=O)NCc2ccccc2)ccc1O. The van der Waals surface area contributed by atoms with Gasteiger partial charge in [0.15, 0.2) is 0 Å². The second-order valence-corrected chi connectivity index (χ2v) is 4.17. The van der Waals surface area contributed by atoms with Gasteiger partial charge in [-0.3, -0.25) is 4.79 Å². The number of amides is 1. The largest absolute Gasteiger partial charge is 0.508 e. The van der Waals surface area contributed by atoms with Crippen molar-refractivity contribution in [1.82, 2.24) is 5.32 Å². The number of hydrogen-bond donors (Lipinski definition) is 2. The maximum absolute atomic E-state index is 11.9. The molecule has 0 atom stereocenters. The summed E-state index contributed by atoms with van der Waals surface area (Å²) in [6, 6.07) is 14.6. The summed E-state index contributed by atoms with van der Waals surface area (Å²) >= 11 is 0. The quantitative estimate of drug-likeness (QED) is 0.867. The third kappa shape index (κ3) is 2.88. The molecule has 0 saturated carbocycles. The lowest BCUT2D eigenvalue weighted by Crippen LogP contribution is -2.22. The molecular formula is C15H15NO2. The number of aryl methyl sites for hydroxylation is 1. The third-order valence-corrected chi connectivity index (χ3v) is 2.75. The van der Waals surface area contributed by atoms with Gasteiger partial charge in [-0.1, -0.05) is 30.3 Å². The van der Waals surface area contributed by atoms with Crippen LogP contribution in [0.4, 0.5) is 0 Å². The van der Waals surface area contributed by atoms with Crippen LogP contribution in [0.5, 0.6) is 5.75 Å². The highest BCUT2D eigenvalue weighted by molar-refractivity contribution is 5.94. The zero-order valence-electron chi connectivity index (χ0n) is 10.2. The first-order valence-corrected chi connectivity index (χ1v) is 5.78. The van der Waals surface area contributed by atoms with Crippen LogP contribution in [-0.4, -0.2) is 11.0 Å². The maximum atomic E-state index is 11.9. The fourth-order valence-electron chi connectivity index (χ4n) is 1.68.